The Balaban J connectivity index is 1.19. The monoisotopic (exact) mass is 606 g/mol. The summed E-state index contributed by atoms with van der Waals surface area (Å²) in [5, 5.41) is 0.565. The molecule has 2 aromatic carbocycles. The Kier molecular flexibility index (Phi) is 9.90. The van der Waals surface area contributed by atoms with E-state index in [1.807, 2.05) is 63.3 Å². The van der Waals surface area contributed by atoms with Crippen LogP contribution in [0.15, 0.2) is 83.8 Å². The van der Waals surface area contributed by atoms with Crippen molar-refractivity contribution in [2.24, 2.45) is 5.92 Å². The van der Waals surface area contributed by atoms with E-state index < -0.39 is 0 Å². The molecule has 1 aliphatic carbocycles. The van der Waals surface area contributed by atoms with Crippen LogP contribution in [0.25, 0.3) is 0 Å². The maximum Gasteiger partial charge on any atom is 0.310 e. The highest BCUT2D eigenvalue weighted by atomic mass is 35.5. The van der Waals surface area contributed by atoms with Crippen molar-refractivity contribution >= 4 is 23.5 Å². The van der Waals surface area contributed by atoms with Crippen molar-refractivity contribution in [1.82, 2.24) is 9.80 Å². The number of nitrogens with zero attached hydrogens (tertiary/aromatic N) is 2. The standard InChI is InChI=1S/C34H39ClN2O6/c1-22(2)43-27-11-7-24(8-12-27)32-21-36(15-17-41-32)16-18-42-33(38)20-29-23(3)37(31-14-13-28(40-4)19-30(29)31)34(39)25-5-9-26(35)10-6-25/h5-14,19,22,30-32H,15-18,20-21H2,1-4H3. The molecule has 0 aromatic heterocycles. The second kappa shape index (κ2) is 13.8. The Labute approximate surface area is 258 Å². The predicted molar refractivity (Wildman–Crippen MR) is 165 cm³/mol. The van der Waals surface area contributed by atoms with Crippen LogP contribution >= 0.6 is 11.6 Å². The van der Waals surface area contributed by atoms with Gasteiger partial charge in [0.05, 0.1) is 38.4 Å². The normalized spacial score (nSPS) is 22.0. The summed E-state index contributed by atoms with van der Waals surface area (Å²) in [5.74, 6) is 0.899. The summed E-state index contributed by atoms with van der Waals surface area (Å²) in [5.41, 5.74) is 3.24. The fourth-order valence-corrected chi connectivity index (χ4v) is 5.98. The molecule has 0 N–H and O–H groups in total. The van der Waals surface area contributed by atoms with Gasteiger partial charge in [0.25, 0.3) is 5.91 Å². The number of hydrogen-bond donors (Lipinski definition) is 0. The van der Waals surface area contributed by atoms with Crippen LogP contribution in [0, 0.1) is 5.92 Å². The van der Waals surface area contributed by atoms with Crippen LogP contribution in [-0.2, 0) is 19.0 Å². The lowest BCUT2D eigenvalue weighted by atomic mass is 9.88. The van der Waals surface area contributed by atoms with Gasteiger partial charge in [-0.15, -0.1) is 0 Å². The van der Waals surface area contributed by atoms with E-state index in [2.05, 4.69) is 4.90 Å². The third-order valence-electron chi connectivity index (χ3n) is 8.02. The number of morpholine rings is 1. The molecule has 2 aromatic rings. The molecular formula is C34H39ClN2O6. The van der Waals surface area contributed by atoms with Crippen LogP contribution in [-0.4, -0.2) is 73.8 Å². The molecule has 1 fully saturated rings. The first kappa shape index (κ1) is 30.9. The molecule has 2 heterocycles. The van der Waals surface area contributed by atoms with Gasteiger partial charge in [-0.1, -0.05) is 29.8 Å². The largest absolute Gasteiger partial charge is 0.497 e. The zero-order valence-corrected chi connectivity index (χ0v) is 25.9. The summed E-state index contributed by atoms with van der Waals surface area (Å²) in [6.45, 7) is 8.89. The summed E-state index contributed by atoms with van der Waals surface area (Å²) in [4.78, 5) is 30.7. The van der Waals surface area contributed by atoms with E-state index in [-0.39, 0.29) is 49.1 Å². The third kappa shape index (κ3) is 7.32. The van der Waals surface area contributed by atoms with Gasteiger partial charge in [-0.3, -0.25) is 14.5 Å². The number of allylic oxidation sites excluding steroid dienone is 2. The SMILES string of the molecule is COC1=CC2C(CC(=O)OCCN3CCOC(c4ccc(OC(C)C)cc4)C3)=C(C)N(C(=O)c3ccc(Cl)cc3)C2C=C1. The number of carbonyl (C=O) groups is 2. The lowest BCUT2D eigenvalue weighted by Crippen LogP contribution is -2.40. The molecule has 228 valence electrons. The highest BCUT2D eigenvalue weighted by Gasteiger charge is 2.42. The van der Waals surface area contributed by atoms with Gasteiger partial charge in [-0.25, -0.2) is 0 Å². The van der Waals surface area contributed by atoms with Crippen LogP contribution in [0.4, 0.5) is 0 Å². The van der Waals surface area contributed by atoms with Gasteiger partial charge in [0.15, 0.2) is 0 Å². The quantitative estimate of drug-likeness (QED) is 0.309. The highest BCUT2D eigenvalue weighted by molar-refractivity contribution is 6.30. The van der Waals surface area contributed by atoms with Gasteiger partial charge < -0.3 is 23.8 Å². The summed E-state index contributed by atoms with van der Waals surface area (Å²) < 4.78 is 23.0. The smallest absolute Gasteiger partial charge is 0.310 e. The molecule has 8 nitrogen and oxygen atoms in total. The zero-order chi connectivity index (χ0) is 30.5. The third-order valence-corrected chi connectivity index (χ3v) is 8.27. The molecule has 5 rings (SSSR count). The van der Waals surface area contributed by atoms with E-state index in [1.54, 1.807) is 36.3 Å². The molecule has 1 saturated heterocycles. The minimum absolute atomic E-state index is 0.0499. The zero-order valence-electron chi connectivity index (χ0n) is 25.1. The lowest BCUT2D eigenvalue weighted by Gasteiger charge is -2.33. The highest BCUT2D eigenvalue weighted by Crippen LogP contribution is 2.41. The number of amides is 1. The maximum absolute atomic E-state index is 13.6. The van der Waals surface area contributed by atoms with Crippen LogP contribution in [0.3, 0.4) is 0 Å². The van der Waals surface area contributed by atoms with Crippen molar-refractivity contribution in [3.05, 3.63) is 99.9 Å². The molecule has 2 aliphatic heterocycles. The predicted octanol–water partition coefficient (Wildman–Crippen LogP) is 5.95. The van der Waals surface area contributed by atoms with Crippen LogP contribution in [0.2, 0.25) is 5.02 Å². The lowest BCUT2D eigenvalue weighted by molar-refractivity contribution is -0.143. The molecule has 0 bridgehead atoms. The Morgan fingerprint density at radius 1 is 1.09 bits per heavy atom. The fourth-order valence-electron chi connectivity index (χ4n) is 5.85. The van der Waals surface area contributed by atoms with Gasteiger partial charge in [0.2, 0.25) is 0 Å². The van der Waals surface area contributed by atoms with Crippen LogP contribution in [0.1, 0.15) is 49.2 Å². The molecule has 0 radical (unpaired) electrons. The summed E-state index contributed by atoms with van der Waals surface area (Å²) in [6, 6.07) is 14.6. The average Bonchev–Trinajstić information content (AvgIpc) is 3.27. The number of rotatable bonds is 10. The van der Waals surface area contributed by atoms with Gasteiger partial charge in [-0.2, -0.15) is 0 Å². The number of carbonyl (C=O) groups excluding carboxylic acids is 2. The summed E-state index contributed by atoms with van der Waals surface area (Å²) in [7, 11) is 1.61. The van der Waals surface area contributed by atoms with Gasteiger partial charge in [0.1, 0.15) is 18.1 Å². The topological polar surface area (TPSA) is 77.5 Å². The Morgan fingerprint density at radius 3 is 2.53 bits per heavy atom. The van der Waals surface area contributed by atoms with E-state index in [9.17, 15) is 9.59 Å². The molecule has 3 unspecified atom stereocenters. The number of hydrogen-bond acceptors (Lipinski definition) is 7. The molecular weight excluding hydrogens is 568 g/mol. The summed E-state index contributed by atoms with van der Waals surface area (Å²) in [6.07, 6.45) is 5.96. The number of esters is 1. The number of benzene rings is 2. The second-order valence-electron chi connectivity index (χ2n) is 11.2. The Hall–Kier alpha value is -3.59. The first-order valence-electron chi connectivity index (χ1n) is 14.7. The van der Waals surface area contributed by atoms with Gasteiger partial charge >= 0.3 is 5.97 Å². The van der Waals surface area contributed by atoms with Crippen LogP contribution < -0.4 is 4.74 Å². The Bertz CT molecular complexity index is 1400. The van der Waals surface area contributed by atoms with Crippen LogP contribution in [0.5, 0.6) is 5.75 Å². The van der Waals surface area contributed by atoms with E-state index in [4.69, 9.17) is 30.5 Å². The average molecular weight is 607 g/mol. The minimum atomic E-state index is -0.318. The number of ether oxygens (including phenoxy) is 4. The van der Waals surface area contributed by atoms with E-state index >= 15 is 0 Å². The molecule has 0 saturated carbocycles. The minimum Gasteiger partial charge on any atom is -0.497 e. The van der Waals surface area contributed by atoms with Crippen molar-refractivity contribution in [2.45, 2.75) is 45.4 Å². The molecule has 3 atom stereocenters. The number of fused-ring (bicyclic) bond motifs is 1. The molecule has 9 heteroatoms. The molecule has 0 spiro atoms. The second-order valence-corrected chi connectivity index (χ2v) is 11.7. The van der Waals surface area contributed by atoms with Gasteiger partial charge in [-0.05, 0) is 80.5 Å². The maximum atomic E-state index is 13.6. The number of methoxy groups -OCH3 is 1. The van der Waals surface area contributed by atoms with Crippen molar-refractivity contribution < 1.29 is 28.5 Å². The molecule has 3 aliphatic rings. The Morgan fingerprint density at radius 2 is 1.84 bits per heavy atom. The van der Waals surface area contributed by atoms with Crippen molar-refractivity contribution in [2.75, 3.05) is 40.0 Å². The van der Waals surface area contributed by atoms with E-state index in [1.165, 1.54) is 0 Å². The van der Waals surface area contributed by atoms with Crippen molar-refractivity contribution in [3.63, 3.8) is 0 Å². The first-order valence-corrected chi connectivity index (χ1v) is 15.1. The van der Waals surface area contributed by atoms with Crippen molar-refractivity contribution in [1.29, 1.82) is 0 Å². The molecule has 1 amide bonds. The van der Waals surface area contributed by atoms with Gasteiger partial charge in [0, 0.05) is 41.8 Å². The van der Waals surface area contributed by atoms with E-state index in [0.29, 0.717) is 36.0 Å². The fraction of sp³-hybridized carbons (Fsp3) is 0.412. The first-order chi connectivity index (χ1) is 20.7. The van der Waals surface area contributed by atoms with Crippen molar-refractivity contribution in [3.8, 4) is 5.75 Å². The summed E-state index contributed by atoms with van der Waals surface area (Å²) >= 11 is 6.04. The molecule has 43 heavy (non-hydrogen) atoms. The number of halogens is 1. The van der Waals surface area contributed by atoms with E-state index in [0.717, 1.165) is 29.1 Å².